The third-order valence-electron chi connectivity index (χ3n) is 5.71. The lowest BCUT2D eigenvalue weighted by atomic mass is 9.83. The summed E-state index contributed by atoms with van der Waals surface area (Å²) >= 11 is 0. The molecule has 0 fully saturated rings. The fourth-order valence-corrected chi connectivity index (χ4v) is 5.93. The van der Waals surface area contributed by atoms with Crippen molar-refractivity contribution in [2.24, 2.45) is 5.92 Å². The number of methoxy groups -OCH3 is 1. The molecule has 0 radical (unpaired) electrons. The first-order chi connectivity index (χ1) is 17.1. The minimum atomic E-state index is -3.85. The number of para-hydroxylation sites is 1. The quantitative estimate of drug-likeness (QED) is 0.234. The van der Waals surface area contributed by atoms with Crippen molar-refractivity contribution >= 4 is 19.5 Å². The molecule has 0 saturated heterocycles. The van der Waals surface area contributed by atoms with Crippen LogP contribution in [0.25, 0.3) is 0 Å². The second kappa shape index (κ2) is 11.6. The summed E-state index contributed by atoms with van der Waals surface area (Å²) in [7, 11) is -2.36. The van der Waals surface area contributed by atoms with Gasteiger partial charge >= 0.3 is 19.5 Å². The molecule has 2 aliphatic rings. The molecule has 194 valence electrons. The Morgan fingerprint density at radius 3 is 2.61 bits per heavy atom. The molecule has 0 spiro atoms. The average Bonchev–Trinajstić information content (AvgIpc) is 3.22. The van der Waals surface area contributed by atoms with E-state index in [1.807, 2.05) is 6.92 Å². The summed E-state index contributed by atoms with van der Waals surface area (Å²) in [5, 5.41) is 10.8. The largest absolute Gasteiger partial charge is 0.507 e. The number of fused-ring (bicyclic) bond motifs is 1. The predicted octanol–water partition coefficient (Wildman–Crippen LogP) is 5.37. The van der Waals surface area contributed by atoms with Gasteiger partial charge in [-0.15, -0.1) is 0 Å². The van der Waals surface area contributed by atoms with Gasteiger partial charge in [0.1, 0.15) is 22.8 Å². The summed E-state index contributed by atoms with van der Waals surface area (Å²) in [4.78, 5) is 24.2. The Hall–Kier alpha value is -3.29. The van der Waals surface area contributed by atoms with Crippen LogP contribution in [0.15, 0.2) is 76.5 Å². The van der Waals surface area contributed by atoms with Crippen LogP contribution in [-0.2, 0) is 32.9 Å². The molecule has 1 aliphatic carbocycles. The van der Waals surface area contributed by atoms with Gasteiger partial charge in [0.05, 0.1) is 26.1 Å². The first-order valence-corrected chi connectivity index (χ1v) is 13.3. The van der Waals surface area contributed by atoms with Crippen LogP contribution >= 0.6 is 7.60 Å². The Labute approximate surface area is 210 Å². The first-order valence-electron chi connectivity index (χ1n) is 11.6. The molecule has 3 rings (SSSR count). The van der Waals surface area contributed by atoms with Gasteiger partial charge in [-0.05, 0) is 39.3 Å². The van der Waals surface area contributed by atoms with Crippen molar-refractivity contribution < 1.29 is 42.5 Å². The number of rotatable bonds is 11. The molecular formula is C26H31O9P. The van der Waals surface area contributed by atoms with E-state index < -0.39 is 25.6 Å². The van der Waals surface area contributed by atoms with Crippen LogP contribution in [0.2, 0.25) is 0 Å². The van der Waals surface area contributed by atoms with Crippen LogP contribution in [0.3, 0.4) is 0 Å². The molecule has 10 heteroatoms. The van der Waals surface area contributed by atoms with Gasteiger partial charge in [-0.2, -0.15) is 0 Å². The monoisotopic (exact) mass is 518 g/mol. The standard InChI is InChI=1S/C26H31O9P/c1-6-32-25(28)18(4)34-36(30,35-19-10-8-7-9-11-19)15-16(2)12-13-20-23(27)22-21(14-33-26(22)29)17(3)24(20)31-5/h7-12,14,17-18,27H,6,13,15H2,1-5H3. The van der Waals surface area contributed by atoms with Gasteiger partial charge in [0.25, 0.3) is 0 Å². The number of cyclic esters (lactones) is 1. The third-order valence-corrected chi connectivity index (χ3v) is 7.72. The van der Waals surface area contributed by atoms with Crippen molar-refractivity contribution in [3.05, 3.63) is 76.5 Å². The molecule has 0 saturated carbocycles. The van der Waals surface area contributed by atoms with Gasteiger partial charge in [-0.3, -0.25) is 4.52 Å². The molecule has 0 amide bonds. The number of carbonyl (C=O) groups is 2. The van der Waals surface area contributed by atoms with Crippen LogP contribution in [0.4, 0.5) is 0 Å². The van der Waals surface area contributed by atoms with Gasteiger partial charge < -0.3 is 23.8 Å². The number of hydrogen-bond acceptors (Lipinski definition) is 9. The third kappa shape index (κ3) is 6.09. The number of hydrogen-bond donors (Lipinski definition) is 1. The Balaban J connectivity index is 1.85. The van der Waals surface area contributed by atoms with Crippen molar-refractivity contribution in [1.29, 1.82) is 0 Å². The zero-order chi connectivity index (χ0) is 26.5. The maximum absolute atomic E-state index is 13.7. The van der Waals surface area contributed by atoms with E-state index in [1.165, 1.54) is 20.3 Å². The smallest absolute Gasteiger partial charge is 0.384 e. The van der Waals surface area contributed by atoms with Gasteiger partial charge in [0.15, 0.2) is 6.10 Å². The zero-order valence-electron chi connectivity index (χ0n) is 21.0. The molecule has 0 bridgehead atoms. The molecule has 1 heterocycles. The fourth-order valence-electron chi connectivity index (χ4n) is 3.99. The topological polar surface area (TPSA) is 118 Å². The Morgan fingerprint density at radius 2 is 1.97 bits per heavy atom. The molecule has 1 aliphatic heterocycles. The van der Waals surface area contributed by atoms with Crippen LogP contribution in [0.1, 0.15) is 34.1 Å². The molecule has 1 aromatic rings. The van der Waals surface area contributed by atoms with Gasteiger partial charge in [-0.1, -0.05) is 36.8 Å². The van der Waals surface area contributed by atoms with E-state index in [0.29, 0.717) is 28.2 Å². The second-order valence-corrected chi connectivity index (χ2v) is 10.3. The number of allylic oxidation sites excluding steroid dienone is 4. The number of aliphatic hydroxyl groups is 1. The summed E-state index contributed by atoms with van der Waals surface area (Å²) < 4.78 is 40.6. The van der Waals surface area contributed by atoms with Gasteiger partial charge in [-0.25, -0.2) is 14.2 Å². The number of benzene rings is 1. The van der Waals surface area contributed by atoms with E-state index in [0.717, 1.165) is 0 Å². The summed E-state index contributed by atoms with van der Waals surface area (Å²) in [5.74, 6) is -0.941. The van der Waals surface area contributed by atoms with E-state index in [4.69, 9.17) is 23.3 Å². The highest BCUT2D eigenvalue weighted by atomic mass is 31.2. The van der Waals surface area contributed by atoms with E-state index >= 15 is 0 Å². The lowest BCUT2D eigenvalue weighted by Gasteiger charge is -2.25. The molecule has 3 atom stereocenters. The molecular weight excluding hydrogens is 487 g/mol. The maximum atomic E-state index is 13.7. The Bertz CT molecular complexity index is 1180. The SMILES string of the molecule is CCOC(=O)C(C)OP(=O)(CC(C)=CCC1=C(OC)C(C)C2=COC(=O)C2=C1O)Oc1ccccc1. The molecule has 3 unspecified atom stereocenters. The van der Waals surface area contributed by atoms with E-state index in [2.05, 4.69) is 0 Å². The summed E-state index contributed by atoms with van der Waals surface area (Å²) in [5.41, 5.74) is 1.72. The van der Waals surface area contributed by atoms with Crippen molar-refractivity contribution in [3.63, 3.8) is 0 Å². The highest BCUT2D eigenvalue weighted by Gasteiger charge is 2.39. The van der Waals surface area contributed by atoms with Crippen LogP contribution < -0.4 is 4.52 Å². The zero-order valence-corrected chi connectivity index (χ0v) is 21.9. The normalized spacial score (nSPS) is 20.2. The molecule has 9 nitrogen and oxygen atoms in total. The van der Waals surface area contributed by atoms with E-state index in [1.54, 1.807) is 50.3 Å². The number of carbonyl (C=O) groups excluding carboxylic acids is 2. The lowest BCUT2D eigenvalue weighted by Crippen LogP contribution is -2.24. The first kappa shape index (κ1) is 27.3. The molecule has 1 aromatic carbocycles. The predicted molar refractivity (Wildman–Crippen MR) is 132 cm³/mol. The van der Waals surface area contributed by atoms with Crippen LogP contribution in [0, 0.1) is 5.92 Å². The number of ether oxygens (including phenoxy) is 3. The van der Waals surface area contributed by atoms with Crippen molar-refractivity contribution in [2.75, 3.05) is 19.9 Å². The van der Waals surface area contributed by atoms with Gasteiger partial charge in [0, 0.05) is 17.1 Å². The van der Waals surface area contributed by atoms with Gasteiger partial charge in [0.2, 0.25) is 0 Å². The van der Waals surface area contributed by atoms with Crippen molar-refractivity contribution in [1.82, 2.24) is 0 Å². The summed E-state index contributed by atoms with van der Waals surface area (Å²) in [6.45, 7) is 6.86. The van der Waals surface area contributed by atoms with Crippen molar-refractivity contribution in [3.8, 4) is 5.75 Å². The van der Waals surface area contributed by atoms with Crippen LogP contribution in [0.5, 0.6) is 5.75 Å². The summed E-state index contributed by atoms with van der Waals surface area (Å²) in [6.07, 6.45) is 2.03. The van der Waals surface area contributed by atoms with E-state index in [9.17, 15) is 19.3 Å². The molecule has 36 heavy (non-hydrogen) atoms. The Morgan fingerprint density at radius 1 is 1.28 bits per heavy atom. The minimum absolute atomic E-state index is 0.119. The second-order valence-electron chi connectivity index (χ2n) is 8.40. The number of aliphatic hydroxyl groups excluding tert-OH is 1. The van der Waals surface area contributed by atoms with E-state index in [-0.39, 0.29) is 36.4 Å². The summed E-state index contributed by atoms with van der Waals surface area (Å²) in [6, 6.07) is 8.53. The fraction of sp³-hybridized carbons (Fsp3) is 0.385. The maximum Gasteiger partial charge on any atom is 0.384 e. The average molecular weight is 518 g/mol. The lowest BCUT2D eigenvalue weighted by molar-refractivity contribution is -0.150. The van der Waals surface area contributed by atoms with Crippen LogP contribution in [-0.4, -0.2) is 43.0 Å². The highest BCUT2D eigenvalue weighted by molar-refractivity contribution is 7.54. The van der Waals surface area contributed by atoms with Crippen molar-refractivity contribution in [2.45, 2.75) is 40.2 Å². The Kier molecular flexibility index (Phi) is 8.82. The minimum Gasteiger partial charge on any atom is -0.507 e. The molecule has 1 N–H and O–H groups in total. The number of esters is 2. The highest BCUT2D eigenvalue weighted by Crippen LogP contribution is 2.51. The molecule has 0 aromatic heterocycles.